The van der Waals surface area contributed by atoms with Crippen LogP contribution in [0.5, 0.6) is 0 Å². The van der Waals surface area contributed by atoms with E-state index in [-0.39, 0.29) is 17.3 Å². The van der Waals surface area contributed by atoms with E-state index < -0.39 is 17.5 Å². The van der Waals surface area contributed by atoms with Gasteiger partial charge in [0.15, 0.2) is 11.6 Å². The molecule has 5 nitrogen and oxygen atoms in total. The first-order chi connectivity index (χ1) is 12.5. The van der Waals surface area contributed by atoms with Crippen LogP contribution in [0.4, 0.5) is 26.1 Å². The number of halogens is 2. The van der Waals surface area contributed by atoms with E-state index in [4.69, 9.17) is 0 Å². The first kappa shape index (κ1) is 17.5. The fourth-order valence-corrected chi connectivity index (χ4v) is 2.27. The Kier molecular flexibility index (Phi) is 5.17. The normalized spacial score (nSPS) is 10.4. The van der Waals surface area contributed by atoms with E-state index in [1.807, 2.05) is 24.3 Å². The van der Waals surface area contributed by atoms with Gasteiger partial charge in [-0.15, -0.1) is 0 Å². The fraction of sp³-hybridized carbons (Fsp3) is 0.105. The standard InChI is InChI=1S/C19H16F2N4O/c1-2-12-3-5-13(6-4-12)24-19-22-10-9-17(25-19)18(26)23-14-7-8-15(20)16(21)11-14/h3-11H,2H2,1H3,(H,23,26)(H,22,24,25). The lowest BCUT2D eigenvalue weighted by atomic mass is 10.1. The van der Waals surface area contributed by atoms with Crippen LogP contribution in [0.25, 0.3) is 0 Å². The summed E-state index contributed by atoms with van der Waals surface area (Å²) in [6.45, 7) is 2.07. The van der Waals surface area contributed by atoms with Gasteiger partial charge in [0.25, 0.3) is 5.91 Å². The van der Waals surface area contributed by atoms with Crippen molar-refractivity contribution < 1.29 is 13.6 Å². The maximum Gasteiger partial charge on any atom is 0.274 e. The van der Waals surface area contributed by atoms with Gasteiger partial charge in [-0.3, -0.25) is 4.79 Å². The van der Waals surface area contributed by atoms with Gasteiger partial charge in [-0.25, -0.2) is 18.7 Å². The zero-order valence-electron chi connectivity index (χ0n) is 14.0. The van der Waals surface area contributed by atoms with Crippen LogP contribution in [0.1, 0.15) is 23.0 Å². The number of hydrogen-bond acceptors (Lipinski definition) is 4. The Labute approximate surface area is 149 Å². The lowest BCUT2D eigenvalue weighted by molar-refractivity contribution is 0.102. The molecule has 26 heavy (non-hydrogen) atoms. The highest BCUT2D eigenvalue weighted by atomic mass is 19.2. The molecule has 1 amide bonds. The van der Waals surface area contributed by atoms with Crippen molar-refractivity contribution in [2.24, 2.45) is 0 Å². The number of aryl methyl sites for hydroxylation is 1. The third-order valence-corrected chi connectivity index (χ3v) is 3.68. The molecule has 132 valence electrons. The highest BCUT2D eigenvalue weighted by Crippen LogP contribution is 2.16. The number of carbonyl (C=O) groups is 1. The van der Waals surface area contributed by atoms with Gasteiger partial charge in [0.1, 0.15) is 5.69 Å². The Morgan fingerprint density at radius 3 is 2.42 bits per heavy atom. The molecule has 0 saturated heterocycles. The molecule has 0 aliphatic rings. The van der Waals surface area contributed by atoms with Crippen molar-refractivity contribution in [3.8, 4) is 0 Å². The van der Waals surface area contributed by atoms with Gasteiger partial charge in [0, 0.05) is 23.6 Å². The van der Waals surface area contributed by atoms with Crippen LogP contribution in [0.15, 0.2) is 54.7 Å². The monoisotopic (exact) mass is 354 g/mol. The maximum absolute atomic E-state index is 13.2. The van der Waals surface area contributed by atoms with Crippen LogP contribution in [-0.2, 0) is 6.42 Å². The molecule has 0 saturated carbocycles. The minimum Gasteiger partial charge on any atom is -0.324 e. The molecule has 1 aromatic heterocycles. The summed E-state index contributed by atoms with van der Waals surface area (Å²) in [5, 5.41) is 5.49. The molecule has 0 bridgehead atoms. The highest BCUT2D eigenvalue weighted by molar-refractivity contribution is 6.03. The SMILES string of the molecule is CCc1ccc(Nc2nccc(C(=O)Nc3ccc(F)c(F)c3)n2)cc1. The van der Waals surface area contributed by atoms with Crippen molar-refractivity contribution in [2.75, 3.05) is 10.6 Å². The number of hydrogen-bond donors (Lipinski definition) is 2. The van der Waals surface area contributed by atoms with E-state index in [1.165, 1.54) is 23.9 Å². The van der Waals surface area contributed by atoms with E-state index in [2.05, 4.69) is 27.5 Å². The van der Waals surface area contributed by atoms with Gasteiger partial charge in [0.05, 0.1) is 0 Å². The Bertz CT molecular complexity index is 929. The number of aromatic nitrogens is 2. The number of benzene rings is 2. The first-order valence-corrected chi connectivity index (χ1v) is 8.00. The number of rotatable bonds is 5. The van der Waals surface area contributed by atoms with Crippen LogP contribution in [-0.4, -0.2) is 15.9 Å². The van der Waals surface area contributed by atoms with Gasteiger partial charge in [-0.1, -0.05) is 19.1 Å². The van der Waals surface area contributed by atoms with Crippen LogP contribution >= 0.6 is 0 Å². The maximum atomic E-state index is 13.2. The van der Waals surface area contributed by atoms with Gasteiger partial charge in [-0.2, -0.15) is 0 Å². The molecular formula is C19H16F2N4O. The van der Waals surface area contributed by atoms with E-state index >= 15 is 0 Å². The Morgan fingerprint density at radius 2 is 1.73 bits per heavy atom. The molecule has 1 heterocycles. The van der Waals surface area contributed by atoms with Crippen molar-refractivity contribution in [3.63, 3.8) is 0 Å². The van der Waals surface area contributed by atoms with E-state index in [0.29, 0.717) is 0 Å². The first-order valence-electron chi connectivity index (χ1n) is 8.00. The van der Waals surface area contributed by atoms with Crippen LogP contribution in [0.3, 0.4) is 0 Å². The second-order valence-corrected chi connectivity index (χ2v) is 5.52. The molecular weight excluding hydrogens is 338 g/mol. The fourth-order valence-electron chi connectivity index (χ4n) is 2.27. The quantitative estimate of drug-likeness (QED) is 0.716. The largest absolute Gasteiger partial charge is 0.324 e. The van der Waals surface area contributed by atoms with Crippen LogP contribution in [0, 0.1) is 11.6 Å². The molecule has 3 rings (SSSR count). The second-order valence-electron chi connectivity index (χ2n) is 5.52. The molecule has 7 heteroatoms. The molecule has 0 fully saturated rings. The lowest BCUT2D eigenvalue weighted by Crippen LogP contribution is -2.15. The summed E-state index contributed by atoms with van der Waals surface area (Å²) in [6, 6.07) is 12.3. The van der Waals surface area contributed by atoms with Gasteiger partial charge < -0.3 is 10.6 Å². The average Bonchev–Trinajstić information content (AvgIpc) is 2.65. The van der Waals surface area contributed by atoms with Gasteiger partial charge >= 0.3 is 0 Å². The van der Waals surface area contributed by atoms with Gasteiger partial charge in [0.2, 0.25) is 5.95 Å². The number of amides is 1. The molecule has 0 unspecified atom stereocenters. The minimum absolute atomic E-state index is 0.0948. The Balaban J connectivity index is 1.73. The molecule has 0 aliphatic heterocycles. The predicted octanol–water partition coefficient (Wildman–Crippen LogP) is 4.31. The molecule has 0 aliphatic carbocycles. The van der Waals surface area contributed by atoms with Crippen molar-refractivity contribution in [1.82, 2.24) is 9.97 Å². The summed E-state index contributed by atoms with van der Waals surface area (Å²) in [6.07, 6.45) is 2.38. The number of nitrogens with zero attached hydrogens (tertiary/aromatic N) is 2. The predicted molar refractivity (Wildman–Crippen MR) is 95.4 cm³/mol. The summed E-state index contributed by atoms with van der Waals surface area (Å²) in [4.78, 5) is 20.5. The Morgan fingerprint density at radius 1 is 1.00 bits per heavy atom. The summed E-state index contributed by atoms with van der Waals surface area (Å²) < 4.78 is 26.2. The number of nitrogens with one attached hydrogen (secondary N) is 2. The average molecular weight is 354 g/mol. The summed E-state index contributed by atoms with van der Waals surface area (Å²) in [7, 11) is 0. The third kappa shape index (κ3) is 4.18. The zero-order valence-corrected chi connectivity index (χ0v) is 14.0. The van der Waals surface area contributed by atoms with E-state index in [9.17, 15) is 13.6 Å². The summed E-state index contributed by atoms with van der Waals surface area (Å²) >= 11 is 0. The van der Waals surface area contributed by atoms with E-state index in [0.717, 1.165) is 24.2 Å². The molecule has 0 spiro atoms. The molecule has 3 aromatic rings. The lowest BCUT2D eigenvalue weighted by Gasteiger charge is -2.08. The van der Waals surface area contributed by atoms with Crippen molar-refractivity contribution >= 4 is 23.2 Å². The second kappa shape index (κ2) is 7.69. The number of anilines is 3. The van der Waals surface area contributed by atoms with Crippen LogP contribution < -0.4 is 10.6 Å². The van der Waals surface area contributed by atoms with E-state index in [1.54, 1.807) is 0 Å². The van der Waals surface area contributed by atoms with Crippen molar-refractivity contribution in [2.45, 2.75) is 13.3 Å². The molecule has 2 aromatic carbocycles. The molecule has 0 radical (unpaired) electrons. The van der Waals surface area contributed by atoms with Gasteiger partial charge in [-0.05, 0) is 42.3 Å². The third-order valence-electron chi connectivity index (χ3n) is 3.68. The minimum atomic E-state index is -1.04. The number of carbonyl (C=O) groups excluding carboxylic acids is 1. The molecule has 0 atom stereocenters. The van der Waals surface area contributed by atoms with Crippen molar-refractivity contribution in [1.29, 1.82) is 0 Å². The zero-order chi connectivity index (χ0) is 18.5. The van der Waals surface area contributed by atoms with Crippen LogP contribution in [0.2, 0.25) is 0 Å². The summed E-state index contributed by atoms with van der Waals surface area (Å²) in [5.74, 6) is -2.32. The Hall–Kier alpha value is -3.35. The molecule has 2 N–H and O–H groups in total. The topological polar surface area (TPSA) is 66.9 Å². The highest BCUT2D eigenvalue weighted by Gasteiger charge is 2.11. The summed E-state index contributed by atoms with van der Waals surface area (Å²) in [5.41, 5.74) is 2.23. The van der Waals surface area contributed by atoms with Crippen molar-refractivity contribution in [3.05, 3.63) is 77.6 Å². The smallest absolute Gasteiger partial charge is 0.274 e.